The van der Waals surface area contributed by atoms with Gasteiger partial charge in [-0.3, -0.25) is 0 Å². The van der Waals surface area contributed by atoms with E-state index < -0.39 is 0 Å². The summed E-state index contributed by atoms with van der Waals surface area (Å²) < 4.78 is 18.0. The molecule has 0 heterocycles. The molecular weight excluding hydrogens is 155 g/mol. The SMILES string of the molecule is CC(C)(C)Oc1c[c]cc(F)c1. The monoisotopic (exact) mass is 167 g/mol. The van der Waals surface area contributed by atoms with E-state index in [0.29, 0.717) is 5.75 Å². The van der Waals surface area contributed by atoms with Gasteiger partial charge in [-0.15, -0.1) is 0 Å². The molecule has 0 spiro atoms. The van der Waals surface area contributed by atoms with Crippen LogP contribution < -0.4 is 4.74 Å². The van der Waals surface area contributed by atoms with Crippen LogP contribution in [0.15, 0.2) is 18.2 Å². The Bertz CT molecular complexity index is 263. The van der Waals surface area contributed by atoms with Gasteiger partial charge >= 0.3 is 0 Å². The smallest absolute Gasteiger partial charge is 0.127 e. The van der Waals surface area contributed by atoms with Crippen molar-refractivity contribution in [1.82, 2.24) is 0 Å². The van der Waals surface area contributed by atoms with Crippen molar-refractivity contribution in [3.05, 3.63) is 30.1 Å². The highest BCUT2D eigenvalue weighted by atomic mass is 19.1. The Morgan fingerprint density at radius 3 is 2.50 bits per heavy atom. The van der Waals surface area contributed by atoms with Crippen molar-refractivity contribution in [2.24, 2.45) is 0 Å². The van der Waals surface area contributed by atoms with Crippen molar-refractivity contribution >= 4 is 0 Å². The first-order valence-corrected chi connectivity index (χ1v) is 3.83. The maximum atomic E-state index is 12.6. The first kappa shape index (κ1) is 9.04. The van der Waals surface area contributed by atoms with Gasteiger partial charge in [-0.05, 0) is 39.0 Å². The van der Waals surface area contributed by atoms with E-state index in [9.17, 15) is 4.39 Å². The Morgan fingerprint density at radius 2 is 2.00 bits per heavy atom. The molecular formula is C10H12FO. The normalized spacial score (nSPS) is 11.3. The molecule has 1 aromatic carbocycles. The first-order valence-electron chi connectivity index (χ1n) is 3.83. The van der Waals surface area contributed by atoms with Crippen molar-refractivity contribution in [3.8, 4) is 5.75 Å². The summed E-state index contributed by atoms with van der Waals surface area (Å²) >= 11 is 0. The van der Waals surface area contributed by atoms with Gasteiger partial charge in [-0.1, -0.05) is 0 Å². The molecule has 0 saturated carbocycles. The van der Waals surface area contributed by atoms with Crippen LogP contribution >= 0.6 is 0 Å². The fraction of sp³-hybridized carbons (Fsp3) is 0.400. The van der Waals surface area contributed by atoms with E-state index in [1.54, 1.807) is 6.07 Å². The quantitative estimate of drug-likeness (QED) is 0.625. The largest absolute Gasteiger partial charge is 0.488 e. The Kier molecular flexibility index (Phi) is 2.36. The Hall–Kier alpha value is -1.05. The van der Waals surface area contributed by atoms with Gasteiger partial charge in [0.25, 0.3) is 0 Å². The summed E-state index contributed by atoms with van der Waals surface area (Å²) in [6.45, 7) is 5.74. The molecule has 0 aliphatic carbocycles. The standard InChI is InChI=1S/C10H12FO/c1-10(2,3)12-9-6-4-5-8(11)7-9/h5-7H,1-3H3. The van der Waals surface area contributed by atoms with Crippen LogP contribution in [0.2, 0.25) is 0 Å². The zero-order valence-corrected chi connectivity index (χ0v) is 7.52. The van der Waals surface area contributed by atoms with E-state index in [2.05, 4.69) is 6.07 Å². The fourth-order valence-corrected chi connectivity index (χ4v) is 0.835. The predicted molar refractivity (Wildman–Crippen MR) is 45.6 cm³/mol. The van der Waals surface area contributed by atoms with E-state index in [1.165, 1.54) is 12.1 Å². The third kappa shape index (κ3) is 2.91. The number of ether oxygens (including phenoxy) is 1. The summed E-state index contributed by atoms with van der Waals surface area (Å²) in [5.74, 6) is 0.194. The second-order valence-corrected chi connectivity index (χ2v) is 3.60. The molecule has 65 valence electrons. The van der Waals surface area contributed by atoms with Gasteiger partial charge in [0.1, 0.15) is 17.2 Å². The summed E-state index contributed by atoms with van der Waals surface area (Å²) in [5.41, 5.74) is -0.290. The van der Waals surface area contributed by atoms with Crippen LogP contribution in [-0.4, -0.2) is 5.60 Å². The van der Waals surface area contributed by atoms with Gasteiger partial charge in [0.05, 0.1) is 0 Å². The lowest BCUT2D eigenvalue weighted by Gasteiger charge is -2.20. The van der Waals surface area contributed by atoms with Crippen LogP contribution in [0.4, 0.5) is 4.39 Å². The van der Waals surface area contributed by atoms with Crippen LogP contribution in [0.3, 0.4) is 0 Å². The molecule has 1 aromatic rings. The van der Waals surface area contributed by atoms with Gasteiger partial charge in [0, 0.05) is 6.07 Å². The number of halogens is 1. The highest BCUT2D eigenvalue weighted by Gasteiger charge is 2.11. The van der Waals surface area contributed by atoms with Crippen molar-refractivity contribution < 1.29 is 9.13 Å². The lowest BCUT2D eigenvalue weighted by atomic mass is 10.2. The lowest BCUT2D eigenvalue weighted by Crippen LogP contribution is -2.22. The topological polar surface area (TPSA) is 9.23 Å². The molecule has 0 amide bonds. The Balaban J connectivity index is 2.77. The molecule has 0 aliphatic rings. The van der Waals surface area contributed by atoms with Crippen LogP contribution in [0, 0.1) is 11.9 Å². The number of benzene rings is 1. The molecule has 1 radical (unpaired) electrons. The summed E-state index contributed by atoms with van der Waals surface area (Å²) in [6, 6.07) is 6.89. The molecule has 0 atom stereocenters. The molecule has 0 unspecified atom stereocenters. The van der Waals surface area contributed by atoms with Crippen LogP contribution in [0.25, 0.3) is 0 Å². The Labute approximate surface area is 72.2 Å². The predicted octanol–water partition coefficient (Wildman–Crippen LogP) is 2.80. The van der Waals surface area contributed by atoms with E-state index in [0.717, 1.165) is 0 Å². The van der Waals surface area contributed by atoms with Gasteiger partial charge in [-0.25, -0.2) is 4.39 Å². The average molecular weight is 167 g/mol. The average Bonchev–Trinajstić information content (AvgIpc) is 1.82. The lowest BCUT2D eigenvalue weighted by molar-refractivity contribution is 0.130. The van der Waals surface area contributed by atoms with E-state index in [1.807, 2.05) is 20.8 Å². The Morgan fingerprint density at radius 1 is 1.33 bits per heavy atom. The van der Waals surface area contributed by atoms with Crippen molar-refractivity contribution in [2.45, 2.75) is 26.4 Å². The maximum absolute atomic E-state index is 12.6. The van der Waals surface area contributed by atoms with Gasteiger partial charge < -0.3 is 4.74 Å². The van der Waals surface area contributed by atoms with Crippen molar-refractivity contribution in [3.63, 3.8) is 0 Å². The van der Waals surface area contributed by atoms with Gasteiger partial charge in [0.2, 0.25) is 0 Å². The molecule has 0 aromatic heterocycles. The molecule has 0 bridgehead atoms. The van der Waals surface area contributed by atoms with Gasteiger partial charge in [-0.2, -0.15) is 0 Å². The van der Waals surface area contributed by atoms with E-state index >= 15 is 0 Å². The zero-order chi connectivity index (χ0) is 9.19. The second kappa shape index (κ2) is 3.13. The first-order chi connectivity index (χ1) is 5.47. The second-order valence-electron chi connectivity index (χ2n) is 3.60. The summed E-state index contributed by atoms with van der Waals surface area (Å²) in [6.07, 6.45) is 0. The minimum Gasteiger partial charge on any atom is -0.488 e. The number of hydrogen-bond donors (Lipinski definition) is 0. The van der Waals surface area contributed by atoms with Crippen LogP contribution in [-0.2, 0) is 0 Å². The molecule has 0 saturated heterocycles. The molecule has 0 N–H and O–H groups in total. The number of rotatable bonds is 1. The van der Waals surface area contributed by atoms with E-state index in [4.69, 9.17) is 4.74 Å². The summed E-state index contributed by atoms with van der Waals surface area (Å²) in [5, 5.41) is 0. The minimum atomic E-state index is -0.322. The third-order valence-electron chi connectivity index (χ3n) is 1.15. The van der Waals surface area contributed by atoms with Crippen molar-refractivity contribution in [2.75, 3.05) is 0 Å². The maximum Gasteiger partial charge on any atom is 0.127 e. The summed E-state index contributed by atoms with van der Waals surface area (Å²) in [7, 11) is 0. The minimum absolute atomic E-state index is 0.290. The highest BCUT2D eigenvalue weighted by molar-refractivity contribution is 5.22. The number of hydrogen-bond acceptors (Lipinski definition) is 1. The van der Waals surface area contributed by atoms with Crippen molar-refractivity contribution in [1.29, 1.82) is 0 Å². The zero-order valence-electron chi connectivity index (χ0n) is 7.52. The van der Waals surface area contributed by atoms with Gasteiger partial charge in [0.15, 0.2) is 0 Å². The van der Waals surface area contributed by atoms with Crippen LogP contribution in [0.5, 0.6) is 5.75 Å². The van der Waals surface area contributed by atoms with E-state index in [-0.39, 0.29) is 11.4 Å². The molecule has 1 rings (SSSR count). The molecule has 0 aliphatic heterocycles. The molecule has 2 heteroatoms. The molecule has 0 fully saturated rings. The molecule has 12 heavy (non-hydrogen) atoms. The fourth-order valence-electron chi connectivity index (χ4n) is 0.835. The highest BCUT2D eigenvalue weighted by Crippen LogP contribution is 2.17. The van der Waals surface area contributed by atoms with Crippen LogP contribution in [0.1, 0.15) is 20.8 Å². The molecule has 1 nitrogen and oxygen atoms in total. The summed E-state index contributed by atoms with van der Waals surface area (Å²) in [4.78, 5) is 0. The third-order valence-corrected chi connectivity index (χ3v) is 1.15.